The molecule has 0 saturated heterocycles. The zero-order valence-electron chi connectivity index (χ0n) is 17.0. The Morgan fingerprint density at radius 3 is 2.37 bits per heavy atom. The molecule has 0 saturated carbocycles. The van der Waals surface area contributed by atoms with Gasteiger partial charge in [0.25, 0.3) is 0 Å². The molecule has 3 heterocycles. The summed E-state index contributed by atoms with van der Waals surface area (Å²) in [5.74, 6) is -0.167. The molecular formula is C26H24N3O. The molecule has 0 spiro atoms. The van der Waals surface area contributed by atoms with Crippen LogP contribution in [0.25, 0.3) is 11.0 Å². The van der Waals surface area contributed by atoms with Crippen molar-refractivity contribution >= 4 is 16.9 Å². The van der Waals surface area contributed by atoms with Gasteiger partial charge in [0.1, 0.15) is 5.65 Å². The molecule has 2 aromatic carbocycles. The minimum Gasteiger partial charge on any atom is -0.340 e. The number of benzene rings is 2. The van der Waals surface area contributed by atoms with Gasteiger partial charge >= 0.3 is 0 Å². The first-order valence-corrected chi connectivity index (χ1v) is 10.4. The Morgan fingerprint density at radius 1 is 1.03 bits per heavy atom. The molecule has 1 radical (unpaired) electrons. The number of fused-ring (bicyclic) bond motifs is 3. The highest BCUT2D eigenvalue weighted by Crippen LogP contribution is 2.30. The highest BCUT2D eigenvalue weighted by Gasteiger charge is 2.32. The topological polar surface area (TPSA) is 38.1 Å². The Morgan fingerprint density at radius 2 is 1.70 bits per heavy atom. The number of amides is 1. The van der Waals surface area contributed by atoms with Crippen molar-refractivity contribution in [2.24, 2.45) is 0 Å². The molecule has 1 atom stereocenters. The van der Waals surface area contributed by atoms with Gasteiger partial charge in [0.05, 0.1) is 5.92 Å². The van der Waals surface area contributed by atoms with Gasteiger partial charge in [-0.2, -0.15) is 0 Å². The number of hydrogen-bond acceptors (Lipinski definition) is 2. The molecule has 149 valence electrons. The molecule has 1 aliphatic rings. The second kappa shape index (κ2) is 7.79. The number of carbonyl (C=O) groups excluding carboxylic acids is 1. The van der Waals surface area contributed by atoms with Gasteiger partial charge in [-0.1, -0.05) is 60.7 Å². The number of likely N-dealkylation sites (N-methyl/N-ethyl adjacent to an activating group) is 1. The Labute approximate surface area is 176 Å². The zero-order chi connectivity index (χ0) is 20.5. The molecule has 1 amide bonds. The van der Waals surface area contributed by atoms with E-state index in [4.69, 9.17) is 0 Å². The fourth-order valence-corrected chi connectivity index (χ4v) is 4.53. The minimum atomic E-state index is -0.301. The molecule has 0 fully saturated rings. The lowest BCUT2D eigenvalue weighted by Crippen LogP contribution is -2.44. The summed E-state index contributed by atoms with van der Waals surface area (Å²) in [4.78, 5) is 20.2. The second-order valence-corrected chi connectivity index (χ2v) is 7.95. The lowest BCUT2D eigenvalue weighted by molar-refractivity contribution is -0.133. The monoisotopic (exact) mass is 394 g/mol. The SMILES string of the molecule is CN(C(=O)C(c1ccccc1)c1ccccc1)[C@@H]1CCc2[c]c3cccnc3n2C1. The van der Waals surface area contributed by atoms with Crippen LogP contribution < -0.4 is 0 Å². The van der Waals surface area contributed by atoms with Gasteiger partial charge in [0, 0.05) is 43.0 Å². The van der Waals surface area contributed by atoms with E-state index in [0.29, 0.717) is 0 Å². The van der Waals surface area contributed by atoms with Gasteiger partial charge in [-0.05, 0) is 36.1 Å². The quantitative estimate of drug-likeness (QED) is 0.513. The van der Waals surface area contributed by atoms with Crippen molar-refractivity contribution in [1.82, 2.24) is 14.5 Å². The van der Waals surface area contributed by atoms with Crippen molar-refractivity contribution in [2.75, 3.05) is 7.05 Å². The third kappa shape index (κ3) is 3.28. The van der Waals surface area contributed by atoms with Gasteiger partial charge in [-0.3, -0.25) is 4.79 Å². The van der Waals surface area contributed by atoms with Crippen LogP contribution in [0, 0.1) is 6.07 Å². The molecule has 2 aromatic heterocycles. The Balaban J connectivity index is 1.46. The van der Waals surface area contributed by atoms with Crippen LogP contribution in [-0.4, -0.2) is 33.4 Å². The molecule has 0 aliphatic carbocycles. The summed E-state index contributed by atoms with van der Waals surface area (Å²) in [6.45, 7) is 0.755. The van der Waals surface area contributed by atoms with E-state index >= 15 is 0 Å². The van der Waals surface area contributed by atoms with Crippen LogP contribution in [-0.2, 0) is 17.8 Å². The van der Waals surface area contributed by atoms with E-state index < -0.39 is 0 Å². The Kier molecular flexibility index (Phi) is 4.83. The van der Waals surface area contributed by atoms with Crippen LogP contribution in [0.15, 0.2) is 79.0 Å². The first-order chi connectivity index (χ1) is 14.7. The third-order valence-electron chi connectivity index (χ3n) is 6.16. The number of nitrogens with zero attached hydrogens (tertiary/aromatic N) is 3. The van der Waals surface area contributed by atoms with Gasteiger partial charge < -0.3 is 9.47 Å². The summed E-state index contributed by atoms with van der Waals surface area (Å²) >= 11 is 0. The van der Waals surface area contributed by atoms with Gasteiger partial charge in [0.15, 0.2) is 0 Å². The van der Waals surface area contributed by atoms with E-state index in [-0.39, 0.29) is 17.9 Å². The maximum absolute atomic E-state index is 13.8. The highest BCUT2D eigenvalue weighted by atomic mass is 16.2. The summed E-state index contributed by atoms with van der Waals surface area (Å²) < 4.78 is 2.23. The predicted octanol–water partition coefficient (Wildman–Crippen LogP) is 4.44. The van der Waals surface area contributed by atoms with E-state index in [1.807, 2.05) is 84.9 Å². The summed E-state index contributed by atoms with van der Waals surface area (Å²) in [5, 5.41) is 1.05. The average molecular weight is 394 g/mol. The standard InChI is InChI=1S/C26H24N3O/c1-28(23-15-14-22-17-21-13-8-16-27-25(21)29(22)18-23)26(30)24(19-9-4-2-5-10-19)20-11-6-3-7-12-20/h2-13,16,23-24H,14-15,18H2,1H3/t23-/m1/s1. The second-order valence-electron chi connectivity index (χ2n) is 7.95. The largest absolute Gasteiger partial charge is 0.340 e. The molecule has 0 bridgehead atoms. The van der Waals surface area contributed by atoms with E-state index in [1.165, 1.54) is 5.69 Å². The smallest absolute Gasteiger partial charge is 0.234 e. The molecule has 4 nitrogen and oxygen atoms in total. The summed E-state index contributed by atoms with van der Waals surface area (Å²) in [6, 6.07) is 27.8. The summed E-state index contributed by atoms with van der Waals surface area (Å²) in [6.07, 6.45) is 3.66. The molecule has 0 N–H and O–H groups in total. The van der Waals surface area contributed by atoms with Crippen LogP contribution >= 0.6 is 0 Å². The zero-order valence-corrected chi connectivity index (χ0v) is 17.0. The molecule has 4 aromatic rings. The van der Waals surface area contributed by atoms with E-state index in [9.17, 15) is 4.79 Å². The van der Waals surface area contributed by atoms with Crippen molar-refractivity contribution < 1.29 is 4.79 Å². The molecule has 1 aliphatic heterocycles. The summed E-state index contributed by atoms with van der Waals surface area (Å²) in [7, 11) is 1.94. The maximum atomic E-state index is 13.8. The van der Waals surface area contributed by atoms with Crippen LogP contribution in [0.2, 0.25) is 0 Å². The van der Waals surface area contributed by atoms with Crippen LogP contribution in [0.4, 0.5) is 0 Å². The lowest BCUT2D eigenvalue weighted by atomic mass is 9.89. The van der Waals surface area contributed by atoms with Crippen molar-refractivity contribution in [2.45, 2.75) is 31.3 Å². The van der Waals surface area contributed by atoms with Crippen molar-refractivity contribution in [1.29, 1.82) is 0 Å². The minimum absolute atomic E-state index is 0.130. The number of hydrogen-bond donors (Lipinski definition) is 0. The molecule has 0 unspecified atom stereocenters. The molecule has 4 heteroatoms. The van der Waals surface area contributed by atoms with Gasteiger partial charge in [-0.15, -0.1) is 0 Å². The average Bonchev–Trinajstić information content (AvgIpc) is 3.18. The van der Waals surface area contributed by atoms with Crippen LogP contribution in [0.1, 0.15) is 29.2 Å². The highest BCUT2D eigenvalue weighted by molar-refractivity contribution is 5.87. The predicted molar refractivity (Wildman–Crippen MR) is 118 cm³/mol. The fourth-order valence-electron chi connectivity index (χ4n) is 4.53. The number of aryl methyl sites for hydroxylation is 1. The van der Waals surface area contributed by atoms with Crippen molar-refractivity contribution in [3.8, 4) is 0 Å². The van der Waals surface area contributed by atoms with E-state index in [2.05, 4.69) is 21.7 Å². The summed E-state index contributed by atoms with van der Waals surface area (Å²) in [5.41, 5.74) is 4.20. The van der Waals surface area contributed by atoms with Crippen molar-refractivity contribution in [3.05, 3.63) is 102 Å². The van der Waals surface area contributed by atoms with Crippen LogP contribution in [0.3, 0.4) is 0 Å². The molecule has 5 rings (SSSR count). The normalized spacial score (nSPS) is 15.9. The van der Waals surface area contributed by atoms with Crippen molar-refractivity contribution in [3.63, 3.8) is 0 Å². The van der Waals surface area contributed by atoms with Gasteiger partial charge in [-0.25, -0.2) is 4.98 Å². The van der Waals surface area contributed by atoms with E-state index in [1.54, 1.807) is 0 Å². The fraction of sp³-hybridized carbons (Fsp3) is 0.231. The number of pyridine rings is 1. The van der Waals surface area contributed by atoms with Gasteiger partial charge in [0.2, 0.25) is 5.91 Å². The number of rotatable bonds is 4. The first-order valence-electron chi connectivity index (χ1n) is 10.4. The Hall–Kier alpha value is -3.40. The number of carbonyl (C=O) groups is 1. The third-order valence-corrected chi connectivity index (χ3v) is 6.16. The first kappa shape index (κ1) is 18.6. The van der Waals surface area contributed by atoms with E-state index in [0.717, 1.165) is 41.5 Å². The number of aromatic nitrogens is 2. The van der Waals surface area contributed by atoms with Crippen LogP contribution in [0.5, 0.6) is 0 Å². The Bertz CT molecular complexity index is 1130. The molecular weight excluding hydrogens is 370 g/mol. The lowest BCUT2D eigenvalue weighted by Gasteiger charge is -2.35. The maximum Gasteiger partial charge on any atom is 0.234 e. The molecule has 30 heavy (non-hydrogen) atoms.